The molecule has 11 aromatic rings. The average Bonchev–Trinajstić information content (AvgIpc) is 3.82. The van der Waals surface area contributed by atoms with E-state index in [1.54, 1.807) is 0 Å². The highest BCUT2D eigenvalue weighted by atomic mass is 16.3. The Labute approximate surface area is 305 Å². The zero-order valence-electron chi connectivity index (χ0n) is 28.7. The van der Waals surface area contributed by atoms with Crippen LogP contribution < -0.4 is 4.90 Å². The second-order valence-corrected chi connectivity index (χ2v) is 13.7. The van der Waals surface area contributed by atoms with Gasteiger partial charge >= 0.3 is 0 Å². The second-order valence-electron chi connectivity index (χ2n) is 13.7. The first-order chi connectivity index (χ1) is 26.3. The van der Waals surface area contributed by atoms with E-state index in [-0.39, 0.29) is 0 Å². The van der Waals surface area contributed by atoms with Gasteiger partial charge in [0.2, 0.25) is 0 Å². The van der Waals surface area contributed by atoms with E-state index in [1.165, 1.54) is 38.2 Å². The van der Waals surface area contributed by atoms with E-state index in [4.69, 9.17) is 8.83 Å². The SMILES string of the molecule is c1ccc(-c2cccc(-c3ccc(N(c4cccc5c4oc4ccc6ccccc6c45)c4cccc5c4oc4ccc6ccccc6c45)cc3)c2)cc1. The smallest absolute Gasteiger partial charge is 0.159 e. The van der Waals surface area contributed by atoms with E-state index in [2.05, 4.69) is 193 Å². The van der Waals surface area contributed by atoms with Gasteiger partial charge in [-0.2, -0.15) is 0 Å². The molecule has 0 aliphatic carbocycles. The van der Waals surface area contributed by atoms with Gasteiger partial charge in [0, 0.05) is 27.2 Å². The zero-order chi connectivity index (χ0) is 34.9. The molecule has 0 unspecified atom stereocenters. The Balaban J connectivity index is 1.14. The molecule has 0 radical (unpaired) electrons. The summed E-state index contributed by atoms with van der Waals surface area (Å²) < 4.78 is 13.6. The average molecular weight is 678 g/mol. The monoisotopic (exact) mass is 677 g/mol. The van der Waals surface area contributed by atoms with Gasteiger partial charge in [-0.15, -0.1) is 0 Å². The van der Waals surface area contributed by atoms with Crippen LogP contribution in [0.25, 0.3) is 87.7 Å². The third-order valence-electron chi connectivity index (χ3n) is 10.6. The van der Waals surface area contributed by atoms with Gasteiger partial charge in [-0.05, 0) is 86.3 Å². The van der Waals surface area contributed by atoms with Crippen molar-refractivity contribution in [3.63, 3.8) is 0 Å². The molecule has 0 spiro atoms. The molecule has 248 valence electrons. The van der Waals surface area contributed by atoms with E-state index >= 15 is 0 Å². The normalized spacial score (nSPS) is 11.8. The Bertz CT molecular complexity index is 3020. The van der Waals surface area contributed by atoms with Crippen molar-refractivity contribution in [3.8, 4) is 22.3 Å². The van der Waals surface area contributed by atoms with Crippen LogP contribution >= 0.6 is 0 Å². The summed E-state index contributed by atoms with van der Waals surface area (Å²) in [5.74, 6) is 0. The minimum Gasteiger partial charge on any atom is -0.454 e. The molecular formula is C50H31NO2. The van der Waals surface area contributed by atoms with Gasteiger partial charge in [0.1, 0.15) is 11.2 Å². The van der Waals surface area contributed by atoms with Crippen LogP contribution in [0.4, 0.5) is 17.1 Å². The van der Waals surface area contributed by atoms with E-state index in [9.17, 15) is 0 Å². The van der Waals surface area contributed by atoms with Crippen molar-refractivity contribution < 1.29 is 8.83 Å². The standard InChI is InChI=1S/C50H31NO2/c1-2-11-32(12-3-1)36-15-8-16-37(31-36)33-23-27-38(28-24-33)51(43-21-9-19-41-47-39-17-6-4-13-34(39)25-29-45(47)52-49(41)43)44-22-10-20-42-48-40-18-7-5-14-35(40)26-30-46(48)53-50(42)44/h1-31H. The lowest BCUT2D eigenvalue weighted by Gasteiger charge is -2.25. The molecule has 0 fully saturated rings. The van der Waals surface area contributed by atoms with Crippen molar-refractivity contribution in [2.75, 3.05) is 4.90 Å². The van der Waals surface area contributed by atoms with Crippen molar-refractivity contribution >= 4 is 82.5 Å². The molecule has 2 heterocycles. The van der Waals surface area contributed by atoms with Crippen LogP contribution in [0.2, 0.25) is 0 Å². The summed E-state index contributed by atoms with van der Waals surface area (Å²) >= 11 is 0. The molecule has 0 saturated heterocycles. The van der Waals surface area contributed by atoms with E-state index in [1.807, 2.05) is 0 Å². The molecule has 3 nitrogen and oxygen atoms in total. The lowest BCUT2D eigenvalue weighted by atomic mass is 9.98. The summed E-state index contributed by atoms with van der Waals surface area (Å²) in [6, 6.07) is 66.6. The lowest BCUT2D eigenvalue weighted by molar-refractivity contribution is 0.666. The van der Waals surface area contributed by atoms with Crippen LogP contribution in [0.15, 0.2) is 197 Å². The molecule has 0 saturated carbocycles. The van der Waals surface area contributed by atoms with E-state index in [0.29, 0.717) is 0 Å². The number of rotatable bonds is 5. The third-order valence-corrected chi connectivity index (χ3v) is 10.6. The third kappa shape index (κ3) is 4.68. The fraction of sp³-hybridized carbons (Fsp3) is 0. The molecule has 11 rings (SSSR count). The number of nitrogens with zero attached hydrogens (tertiary/aromatic N) is 1. The number of furan rings is 2. The number of para-hydroxylation sites is 2. The Kier molecular flexibility index (Phi) is 6.55. The fourth-order valence-electron chi connectivity index (χ4n) is 8.18. The number of fused-ring (bicyclic) bond motifs is 10. The maximum Gasteiger partial charge on any atom is 0.159 e. The van der Waals surface area contributed by atoms with Crippen LogP contribution in [0, 0.1) is 0 Å². The molecule has 3 heteroatoms. The quantitative estimate of drug-likeness (QED) is 0.182. The van der Waals surface area contributed by atoms with Crippen molar-refractivity contribution in [2.45, 2.75) is 0 Å². The van der Waals surface area contributed by atoms with Crippen LogP contribution in [-0.2, 0) is 0 Å². The first-order valence-electron chi connectivity index (χ1n) is 18.0. The second kappa shape index (κ2) is 11.7. The van der Waals surface area contributed by atoms with Gasteiger partial charge in [-0.1, -0.05) is 146 Å². The Hall–Kier alpha value is -7.10. The maximum atomic E-state index is 6.82. The van der Waals surface area contributed by atoms with Crippen LogP contribution in [-0.4, -0.2) is 0 Å². The summed E-state index contributed by atoms with van der Waals surface area (Å²) in [5, 5.41) is 9.16. The predicted octanol–water partition coefficient (Wildman–Crippen LogP) is 14.6. The van der Waals surface area contributed by atoms with Crippen LogP contribution in [0.3, 0.4) is 0 Å². The van der Waals surface area contributed by atoms with E-state index in [0.717, 1.165) is 66.5 Å². The summed E-state index contributed by atoms with van der Waals surface area (Å²) in [7, 11) is 0. The van der Waals surface area contributed by atoms with Gasteiger partial charge in [0.05, 0.1) is 11.4 Å². The fourth-order valence-corrected chi connectivity index (χ4v) is 8.18. The Morgan fingerprint density at radius 1 is 0.321 bits per heavy atom. The molecule has 0 aliphatic rings. The molecule has 0 amide bonds. The van der Waals surface area contributed by atoms with Crippen LogP contribution in [0.5, 0.6) is 0 Å². The molecule has 0 N–H and O–H groups in total. The molecule has 9 aromatic carbocycles. The minimum atomic E-state index is 0.831. The zero-order valence-corrected chi connectivity index (χ0v) is 28.7. The number of hydrogen-bond acceptors (Lipinski definition) is 3. The lowest BCUT2D eigenvalue weighted by Crippen LogP contribution is -2.10. The van der Waals surface area contributed by atoms with Crippen molar-refractivity contribution in [1.82, 2.24) is 0 Å². The minimum absolute atomic E-state index is 0.831. The summed E-state index contributed by atoms with van der Waals surface area (Å²) in [6.45, 7) is 0. The van der Waals surface area contributed by atoms with Crippen molar-refractivity contribution in [3.05, 3.63) is 188 Å². The summed E-state index contributed by atoms with van der Waals surface area (Å²) in [6.07, 6.45) is 0. The molecule has 0 aliphatic heterocycles. The van der Waals surface area contributed by atoms with Gasteiger partial charge < -0.3 is 13.7 Å². The molecule has 2 aromatic heterocycles. The van der Waals surface area contributed by atoms with E-state index < -0.39 is 0 Å². The first-order valence-corrected chi connectivity index (χ1v) is 18.0. The Morgan fingerprint density at radius 2 is 0.774 bits per heavy atom. The van der Waals surface area contributed by atoms with Gasteiger partial charge in [-0.3, -0.25) is 0 Å². The molecule has 0 bridgehead atoms. The summed E-state index contributed by atoms with van der Waals surface area (Å²) in [4.78, 5) is 2.30. The molecule has 53 heavy (non-hydrogen) atoms. The number of hydrogen-bond donors (Lipinski definition) is 0. The predicted molar refractivity (Wildman–Crippen MR) is 222 cm³/mol. The molecular weight excluding hydrogens is 647 g/mol. The Morgan fingerprint density at radius 3 is 1.34 bits per heavy atom. The number of anilines is 3. The maximum absolute atomic E-state index is 6.82. The highest BCUT2D eigenvalue weighted by Crippen LogP contribution is 2.47. The number of benzene rings is 9. The van der Waals surface area contributed by atoms with Gasteiger partial charge in [0.25, 0.3) is 0 Å². The van der Waals surface area contributed by atoms with Crippen LogP contribution in [0.1, 0.15) is 0 Å². The highest BCUT2D eigenvalue weighted by molar-refractivity contribution is 6.23. The summed E-state index contributed by atoms with van der Waals surface area (Å²) in [5.41, 5.74) is 11.0. The van der Waals surface area contributed by atoms with Gasteiger partial charge in [0.15, 0.2) is 11.2 Å². The topological polar surface area (TPSA) is 29.5 Å². The van der Waals surface area contributed by atoms with Crippen molar-refractivity contribution in [2.24, 2.45) is 0 Å². The highest BCUT2D eigenvalue weighted by Gasteiger charge is 2.24. The molecule has 0 atom stereocenters. The van der Waals surface area contributed by atoms with Crippen molar-refractivity contribution in [1.29, 1.82) is 0 Å². The van der Waals surface area contributed by atoms with Gasteiger partial charge in [-0.25, -0.2) is 0 Å². The largest absolute Gasteiger partial charge is 0.454 e. The first kappa shape index (κ1) is 29.6.